The van der Waals surface area contributed by atoms with E-state index in [1.54, 1.807) is 0 Å². The summed E-state index contributed by atoms with van der Waals surface area (Å²) in [5.74, 6) is 0.648. The highest BCUT2D eigenvalue weighted by Crippen LogP contribution is 1.98. The summed E-state index contributed by atoms with van der Waals surface area (Å²) in [6, 6.07) is 0. The van der Waals surface area contributed by atoms with Crippen LogP contribution in [-0.4, -0.2) is 49.0 Å². The Bertz CT molecular complexity index is 143. The molecule has 1 aliphatic rings. The van der Waals surface area contributed by atoms with Crippen molar-refractivity contribution in [3.8, 4) is 0 Å². The number of nitrogens with two attached hydrogens (primary N) is 1. The van der Waals surface area contributed by atoms with Gasteiger partial charge < -0.3 is 10.6 Å². The first kappa shape index (κ1) is 8.33. The van der Waals surface area contributed by atoms with Crippen molar-refractivity contribution >= 4 is 5.84 Å². The van der Waals surface area contributed by atoms with Gasteiger partial charge in [0.1, 0.15) is 5.84 Å². The highest BCUT2D eigenvalue weighted by molar-refractivity contribution is 5.77. The molecule has 0 radical (unpaired) electrons. The molecular formula is C7H16N4. The SMILES string of the molecule is C/C(N)=N\N1CCN(C)CC1. The van der Waals surface area contributed by atoms with Crippen molar-refractivity contribution in [2.45, 2.75) is 6.92 Å². The van der Waals surface area contributed by atoms with E-state index in [0.717, 1.165) is 26.2 Å². The van der Waals surface area contributed by atoms with E-state index in [1.807, 2.05) is 11.9 Å². The molecule has 1 rings (SSSR count). The number of rotatable bonds is 1. The molecule has 0 aromatic carbocycles. The van der Waals surface area contributed by atoms with Gasteiger partial charge in [0.05, 0.1) is 0 Å². The Labute approximate surface area is 67.6 Å². The van der Waals surface area contributed by atoms with E-state index < -0.39 is 0 Å². The van der Waals surface area contributed by atoms with Crippen LogP contribution in [0.3, 0.4) is 0 Å². The van der Waals surface area contributed by atoms with Gasteiger partial charge in [-0.3, -0.25) is 5.01 Å². The predicted molar refractivity (Wildman–Crippen MR) is 46.4 cm³/mol. The molecule has 1 heterocycles. The minimum atomic E-state index is 0.648. The first-order valence-corrected chi connectivity index (χ1v) is 3.92. The maximum absolute atomic E-state index is 5.45. The van der Waals surface area contributed by atoms with Crippen molar-refractivity contribution in [1.82, 2.24) is 9.91 Å². The minimum absolute atomic E-state index is 0.648. The van der Waals surface area contributed by atoms with E-state index in [-0.39, 0.29) is 0 Å². The van der Waals surface area contributed by atoms with Crippen molar-refractivity contribution in [3.05, 3.63) is 0 Å². The lowest BCUT2D eigenvalue weighted by Crippen LogP contribution is -2.42. The van der Waals surface area contributed by atoms with E-state index in [2.05, 4.69) is 17.0 Å². The van der Waals surface area contributed by atoms with Crippen LogP contribution in [0.15, 0.2) is 5.10 Å². The van der Waals surface area contributed by atoms with Crippen LogP contribution in [0, 0.1) is 0 Å². The molecule has 0 aliphatic carbocycles. The van der Waals surface area contributed by atoms with Crippen LogP contribution >= 0.6 is 0 Å². The highest BCUT2D eigenvalue weighted by atomic mass is 15.5. The summed E-state index contributed by atoms with van der Waals surface area (Å²) in [5.41, 5.74) is 5.45. The van der Waals surface area contributed by atoms with E-state index >= 15 is 0 Å². The van der Waals surface area contributed by atoms with Gasteiger partial charge in [-0.15, -0.1) is 0 Å². The minimum Gasteiger partial charge on any atom is -0.386 e. The maximum Gasteiger partial charge on any atom is 0.116 e. The monoisotopic (exact) mass is 156 g/mol. The Kier molecular flexibility index (Phi) is 2.70. The molecule has 64 valence electrons. The van der Waals surface area contributed by atoms with Crippen LogP contribution in [-0.2, 0) is 0 Å². The van der Waals surface area contributed by atoms with E-state index in [1.165, 1.54) is 0 Å². The summed E-state index contributed by atoms with van der Waals surface area (Å²) in [4.78, 5) is 2.29. The molecule has 2 N–H and O–H groups in total. The van der Waals surface area contributed by atoms with E-state index in [0.29, 0.717) is 5.84 Å². The maximum atomic E-state index is 5.45. The van der Waals surface area contributed by atoms with Gasteiger partial charge >= 0.3 is 0 Å². The van der Waals surface area contributed by atoms with Crippen LogP contribution in [0.5, 0.6) is 0 Å². The topological polar surface area (TPSA) is 44.9 Å². The Balaban J connectivity index is 2.34. The highest BCUT2D eigenvalue weighted by Gasteiger charge is 2.10. The number of hydrogen-bond donors (Lipinski definition) is 1. The Morgan fingerprint density at radius 2 is 1.82 bits per heavy atom. The van der Waals surface area contributed by atoms with Crippen molar-refractivity contribution in [2.75, 3.05) is 33.2 Å². The fourth-order valence-corrected chi connectivity index (χ4v) is 1.12. The zero-order valence-corrected chi connectivity index (χ0v) is 7.25. The summed E-state index contributed by atoms with van der Waals surface area (Å²) >= 11 is 0. The van der Waals surface area contributed by atoms with Crippen LogP contribution in [0.2, 0.25) is 0 Å². The van der Waals surface area contributed by atoms with Gasteiger partial charge in [0, 0.05) is 26.2 Å². The van der Waals surface area contributed by atoms with Gasteiger partial charge in [0.25, 0.3) is 0 Å². The molecule has 0 atom stereocenters. The average molecular weight is 156 g/mol. The van der Waals surface area contributed by atoms with Crippen molar-refractivity contribution in [1.29, 1.82) is 0 Å². The number of likely N-dealkylation sites (N-methyl/N-ethyl adjacent to an activating group) is 1. The molecule has 0 saturated carbocycles. The molecule has 11 heavy (non-hydrogen) atoms. The molecule has 0 bridgehead atoms. The number of hydrogen-bond acceptors (Lipinski definition) is 3. The van der Waals surface area contributed by atoms with Gasteiger partial charge in [-0.25, -0.2) is 0 Å². The second-order valence-corrected chi connectivity index (χ2v) is 3.00. The quantitative estimate of drug-likeness (QED) is 0.412. The Hall–Kier alpha value is -0.770. The van der Waals surface area contributed by atoms with Gasteiger partial charge in [-0.05, 0) is 14.0 Å². The lowest BCUT2D eigenvalue weighted by molar-refractivity contribution is 0.159. The summed E-state index contributed by atoms with van der Waals surface area (Å²) < 4.78 is 0. The van der Waals surface area contributed by atoms with Gasteiger partial charge in [-0.2, -0.15) is 5.10 Å². The van der Waals surface area contributed by atoms with E-state index in [4.69, 9.17) is 5.73 Å². The van der Waals surface area contributed by atoms with Gasteiger partial charge in [-0.1, -0.05) is 0 Å². The normalized spacial score (nSPS) is 22.4. The number of amidine groups is 1. The van der Waals surface area contributed by atoms with Crippen LogP contribution < -0.4 is 5.73 Å². The zero-order valence-electron chi connectivity index (χ0n) is 7.25. The molecule has 0 spiro atoms. The number of nitrogens with zero attached hydrogens (tertiary/aromatic N) is 3. The second kappa shape index (κ2) is 3.57. The smallest absolute Gasteiger partial charge is 0.116 e. The third kappa shape index (κ3) is 2.76. The Morgan fingerprint density at radius 1 is 1.27 bits per heavy atom. The van der Waals surface area contributed by atoms with Crippen molar-refractivity contribution < 1.29 is 0 Å². The molecule has 0 unspecified atom stereocenters. The lowest BCUT2D eigenvalue weighted by atomic mass is 10.4. The van der Waals surface area contributed by atoms with Crippen LogP contribution in [0.1, 0.15) is 6.92 Å². The molecule has 0 amide bonds. The molecule has 4 nitrogen and oxygen atoms in total. The molecule has 1 saturated heterocycles. The first-order valence-electron chi connectivity index (χ1n) is 3.92. The third-order valence-electron chi connectivity index (χ3n) is 1.78. The summed E-state index contributed by atoms with van der Waals surface area (Å²) in [5, 5.41) is 6.20. The molecule has 0 aromatic rings. The van der Waals surface area contributed by atoms with Crippen LogP contribution in [0.4, 0.5) is 0 Å². The fraction of sp³-hybridized carbons (Fsp3) is 0.857. The van der Waals surface area contributed by atoms with Crippen molar-refractivity contribution in [3.63, 3.8) is 0 Å². The Morgan fingerprint density at radius 3 is 2.27 bits per heavy atom. The van der Waals surface area contributed by atoms with Gasteiger partial charge in [0.15, 0.2) is 0 Å². The van der Waals surface area contributed by atoms with Crippen molar-refractivity contribution in [2.24, 2.45) is 10.8 Å². The lowest BCUT2D eigenvalue weighted by Gasteiger charge is -2.30. The summed E-state index contributed by atoms with van der Waals surface area (Å²) in [6.07, 6.45) is 0. The number of piperazine rings is 1. The standard InChI is InChI=1S/C7H16N4/c1-7(8)9-11-5-3-10(2)4-6-11/h3-6H2,1-2H3,(H2,8,9). The zero-order chi connectivity index (χ0) is 8.27. The van der Waals surface area contributed by atoms with Crippen LogP contribution in [0.25, 0.3) is 0 Å². The summed E-state index contributed by atoms with van der Waals surface area (Å²) in [7, 11) is 2.12. The molecule has 0 aromatic heterocycles. The largest absolute Gasteiger partial charge is 0.386 e. The predicted octanol–water partition coefficient (Wildman–Crippen LogP) is -0.474. The molecular weight excluding hydrogens is 140 g/mol. The van der Waals surface area contributed by atoms with E-state index in [9.17, 15) is 0 Å². The third-order valence-corrected chi connectivity index (χ3v) is 1.78. The molecule has 1 aliphatic heterocycles. The average Bonchev–Trinajstić information content (AvgIpc) is 1.93. The first-order chi connectivity index (χ1) is 5.18. The molecule has 1 fully saturated rings. The molecule has 4 heteroatoms. The number of hydrazone groups is 1. The second-order valence-electron chi connectivity index (χ2n) is 3.00. The van der Waals surface area contributed by atoms with Gasteiger partial charge in [0.2, 0.25) is 0 Å². The summed E-state index contributed by atoms with van der Waals surface area (Å²) in [6.45, 7) is 5.96. The fourth-order valence-electron chi connectivity index (χ4n) is 1.12.